The van der Waals surface area contributed by atoms with Gasteiger partial charge in [0, 0.05) is 18.7 Å². The molecule has 0 aliphatic carbocycles. The number of ether oxygens (including phenoxy) is 2. The zero-order chi connectivity index (χ0) is 17.9. The third-order valence-electron chi connectivity index (χ3n) is 3.43. The minimum Gasteiger partial charge on any atom is -0.489 e. The van der Waals surface area contributed by atoms with Crippen LogP contribution in [0.3, 0.4) is 0 Å². The Morgan fingerprint density at radius 3 is 2.48 bits per heavy atom. The van der Waals surface area contributed by atoms with E-state index in [0.717, 1.165) is 17.0 Å². The molecular weight excluding hydrogens is 336 g/mol. The first-order valence-electron chi connectivity index (χ1n) is 8.06. The summed E-state index contributed by atoms with van der Waals surface area (Å²) in [5.74, 6) is 0.582. The molecule has 0 aliphatic rings. The third kappa shape index (κ3) is 7.22. The molecule has 2 N–H and O–H groups in total. The van der Waals surface area contributed by atoms with Crippen LogP contribution < -0.4 is 15.4 Å². The van der Waals surface area contributed by atoms with Gasteiger partial charge in [0.25, 0.3) is 0 Å². The van der Waals surface area contributed by atoms with Crippen LogP contribution >= 0.6 is 12.2 Å². The summed E-state index contributed by atoms with van der Waals surface area (Å²) in [6, 6.07) is 17.6. The van der Waals surface area contributed by atoms with Gasteiger partial charge in [-0.3, -0.25) is 4.79 Å². The molecule has 5 nitrogen and oxygen atoms in total. The Labute approximate surface area is 153 Å². The predicted octanol–water partition coefficient (Wildman–Crippen LogP) is 3.51. The van der Waals surface area contributed by atoms with Crippen molar-refractivity contribution in [3.8, 4) is 5.75 Å². The highest BCUT2D eigenvalue weighted by atomic mass is 32.1. The highest BCUT2D eigenvalue weighted by molar-refractivity contribution is 7.80. The molecular formula is C19H22N2O3S. The SMILES string of the molecule is COC(=O)CCCNC(=S)Nc1ccc(OCc2ccccc2)cc1. The van der Waals surface area contributed by atoms with Gasteiger partial charge in [-0.1, -0.05) is 30.3 Å². The molecule has 0 bridgehead atoms. The largest absolute Gasteiger partial charge is 0.489 e. The third-order valence-corrected chi connectivity index (χ3v) is 3.68. The van der Waals surface area contributed by atoms with Gasteiger partial charge in [0.15, 0.2) is 5.11 Å². The van der Waals surface area contributed by atoms with Crippen molar-refractivity contribution in [2.45, 2.75) is 19.4 Å². The van der Waals surface area contributed by atoms with Crippen molar-refractivity contribution in [2.75, 3.05) is 19.0 Å². The zero-order valence-corrected chi connectivity index (χ0v) is 15.0. The van der Waals surface area contributed by atoms with Gasteiger partial charge < -0.3 is 20.1 Å². The summed E-state index contributed by atoms with van der Waals surface area (Å²) in [5.41, 5.74) is 2.00. The van der Waals surface area contributed by atoms with E-state index in [1.165, 1.54) is 7.11 Å². The average Bonchev–Trinajstić information content (AvgIpc) is 2.65. The molecule has 0 saturated carbocycles. The minimum atomic E-state index is -0.216. The van der Waals surface area contributed by atoms with Crippen LogP contribution in [0.2, 0.25) is 0 Å². The normalized spacial score (nSPS) is 9.96. The number of benzene rings is 2. The Kier molecular flexibility index (Phi) is 7.72. The number of hydrogen-bond acceptors (Lipinski definition) is 4. The second kappa shape index (κ2) is 10.3. The molecule has 0 atom stereocenters. The summed E-state index contributed by atoms with van der Waals surface area (Å²) >= 11 is 5.22. The van der Waals surface area contributed by atoms with Crippen LogP contribution in [-0.2, 0) is 16.1 Å². The lowest BCUT2D eigenvalue weighted by molar-refractivity contribution is -0.140. The number of hydrogen-bond donors (Lipinski definition) is 2. The lowest BCUT2D eigenvalue weighted by Gasteiger charge is -2.11. The summed E-state index contributed by atoms with van der Waals surface area (Å²) in [7, 11) is 1.38. The molecule has 0 heterocycles. The summed E-state index contributed by atoms with van der Waals surface area (Å²) in [5, 5.41) is 6.66. The van der Waals surface area contributed by atoms with E-state index in [2.05, 4.69) is 15.4 Å². The van der Waals surface area contributed by atoms with Crippen molar-refractivity contribution in [3.63, 3.8) is 0 Å². The van der Waals surface area contributed by atoms with E-state index in [0.29, 0.717) is 31.1 Å². The molecule has 0 unspecified atom stereocenters. The molecule has 0 amide bonds. The molecule has 2 aromatic rings. The van der Waals surface area contributed by atoms with Gasteiger partial charge in [-0.15, -0.1) is 0 Å². The standard InChI is InChI=1S/C19H22N2O3S/c1-23-18(22)8-5-13-20-19(25)21-16-9-11-17(12-10-16)24-14-15-6-3-2-4-7-15/h2-4,6-7,9-12H,5,8,13-14H2,1H3,(H2,20,21,25). The molecule has 132 valence electrons. The van der Waals surface area contributed by atoms with Crippen molar-refractivity contribution in [1.82, 2.24) is 5.32 Å². The first-order valence-corrected chi connectivity index (χ1v) is 8.46. The minimum absolute atomic E-state index is 0.216. The highest BCUT2D eigenvalue weighted by Gasteiger charge is 2.02. The maximum absolute atomic E-state index is 11.0. The Morgan fingerprint density at radius 2 is 1.80 bits per heavy atom. The van der Waals surface area contributed by atoms with Crippen LogP contribution in [0.25, 0.3) is 0 Å². The molecule has 25 heavy (non-hydrogen) atoms. The lowest BCUT2D eigenvalue weighted by atomic mass is 10.2. The van der Waals surface area contributed by atoms with Crippen LogP contribution in [0.5, 0.6) is 5.75 Å². The summed E-state index contributed by atoms with van der Waals surface area (Å²) < 4.78 is 10.3. The van der Waals surface area contributed by atoms with Crippen LogP contribution in [0, 0.1) is 0 Å². The smallest absolute Gasteiger partial charge is 0.305 e. The van der Waals surface area contributed by atoms with E-state index in [4.69, 9.17) is 17.0 Å². The Bertz CT molecular complexity index is 675. The van der Waals surface area contributed by atoms with E-state index in [1.807, 2.05) is 54.6 Å². The van der Waals surface area contributed by atoms with Crippen LogP contribution in [0.15, 0.2) is 54.6 Å². The van der Waals surface area contributed by atoms with Gasteiger partial charge in [-0.25, -0.2) is 0 Å². The molecule has 0 spiro atoms. The quantitative estimate of drug-likeness (QED) is 0.428. The fraction of sp³-hybridized carbons (Fsp3) is 0.263. The number of methoxy groups -OCH3 is 1. The van der Waals surface area contributed by atoms with Crippen LogP contribution in [0.4, 0.5) is 5.69 Å². The number of carbonyl (C=O) groups is 1. The van der Waals surface area contributed by atoms with Crippen molar-refractivity contribution in [2.24, 2.45) is 0 Å². The molecule has 6 heteroatoms. The second-order valence-corrected chi connectivity index (χ2v) is 5.77. The molecule has 2 aromatic carbocycles. The van der Waals surface area contributed by atoms with Gasteiger partial charge in [-0.2, -0.15) is 0 Å². The second-order valence-electron chi connectivity index (χ2n) is 5.36. The molecule has 0 saturated heterocycles. The zero-order valence-electron chi connectivity index (χ0n) is 14.2. The monoisotopic (exact) mass is 358 g/mol. The lowest BCUT2D eigenvalue weighted by Crippen LogP contribution is -2.29. The van der Waals surface area contributed by atoms with Gasteiger partial charge in [0.2, 0.25) is 0 Å². The maximum atomic E-state index is 11.0. The van der Waals surface area contributed by atoms with Crippen LogP contribution in [0.1, 0.15) is 18.4 Å². The summed E-state index contributed by atoms with van der Waals surface area (Å²) in [6.07, 6.45) is 1.04. The van der Waals surface area contributed by atoms with Crippen molar-refractivity contribution in [3.05, 3.63) is 60.2 Å². The van der Waals surface area contributed by atoms with Gasteiger partial charge in [-0.05, 0) is 48.5 Å². The molecule has 0 radical (unpaired) electrons. The van der Waals surface area contributed by atoms with E-state index >= 15 is 0 Å². The van der Waals surface area contributed by atoms with E-state index in [1.54, 1.807) is 0 Å². The molecule has 2 rings (SSSR count). The van der Waals surface area contributed by atoms with Crippen LogP contribution in [-0.4, -0.2) is 24.7 Å². The van der Waals surface area contributed by atoms with Gasteiger partial charge in [0.05, 0.1) is 7.11 Å². The fourth-order valence-electron chi connectivity index (χ4n) is 2.09. The Hall–Kier alpha value is -2.60. The summed E-state index contributed by atoms with van der Waals surface area (Å²) in [6.45, 7) is 1.15. The maximum Gasteiger partial charge on any atom is 0.305 e. The fourth-order valence-corrected chi connectivity index (χ4v) is 2.31. The predicted molar refractivity (Wildman–Crippen MR) is 103 cm³/mol. The van der Waals surface area contributed by atoms with Crippen molar-refractivity contribution >= 4 is 29.0 Å². The number of rotatable bonds is 8. The van der Waals surface area contributed by atoms with Gasteiger partial charge in [0.1, 0.15) is 12.4 Å². The summed E-state index contributed by atoms with van der Waals surface area (Å²) in [4.78, 5) is 11.0. The van der Waals surface area contributed by atoms with E-state index in [9.17, 15) is 4.79 Å². The number of thiocarbonyl (C=S) groups is 1. The number of anilines is 1. The van der Waals surface area contributed by atoms with Crippen molar-refractivity contribution < 1.29 is 14.3 Å². The number of carbonyl (C=O) groups excluding carboxylic acids is 1. The van der Waals surface area contributed by atoms with Crippen molar-refractivity contribution in [1.29, 1.82) is 0 Å². The molecule has 0 fully saturated rings. The topological polar surface area (TPSA) is 59.6 Å². The van der Waals surface area contributed by atoms with E-state index in [-0.39, 0.29) is 5.97 Å². The Balaban J connectivity index is 1.70. The molecule has 0 aromatic heterocycles. The Morgan fingerprint density at radius 1 is 1.08 bits per heavy atom. The molecule has 0 aliphatic heterocycles. The average molecular weight is 358 g/mol. The number of nitrogens with one attached hydrogen (secondary N) is 2. The number of esters is 1. The van der Waals surface area contributed by atoms with Gasteiger partial charge >= 0.3 is 5.97 Å². The highest BCUT2D eigenvalue weighted by Crippen LogP contribution is 2.17. The van der Waals surface area contributed by atoms with E-state index < -0.39 is 0 Å². The first-order chi connectivity index (χ1) is 12.2. The first kappa shape index (κ1) is 18.7.